The summed E-state index contributed by atoms with van der Waals surface area (Å²) in [5.74, 6) is 5.23. The third-order valence-corrected chi connectivity index (χ3v) is 3.70. The summed E-state index contributed by atoms with van der Waals surface area (Å²) in [6, 6.07) is 8.46. The normalized spacial score (nSPS) is 9.38. The standard InChI is InChI=1S/C15H10ClN3OS/c16-12-4-3-11(9-18)13(8-12)19-15(20)14-10(2-1-6-17)5-7-21-14/h3-5,7-8H,6,17H2,(H,19,20). The molecule has 0 radical (unpaired) electrons. The predicted octanol–water partition coefficient (Wildman–Crippen LogP) is 2.84. The molecule has 0 bridgehead atoms. The molecular weight excluding hydrogens is 306 g/mol. The Kier molecular flexibility index (Phi) is 4.97. The first-order valence-corrected chi connectivity index (χ1v) is 7.19. The van der Waals surface area contributed by atoms with Gasteiger partial charge in [-0.25, -0.2) is 0 Å². The molecule has 0 saturated heterocycles. The molecule has 1 heterocycles. The number of hydrogen-bond acceptors (Lipinski definition) is 4. The van der Waals surface area contributed by atoms with Gasteiger partial charge in [0.15, 0.2) is 0 Å². The van der Waals surface area contributed by atoms with E-state index in [1.54, 1.807) is 23.6 Å². The van der Waals surface area contributed by atoms with E-state index in [2.05, 4.69) is 17.2 Å². The quantitative estimate of drug-likeness (QED) is 0.836. The van der Waals surface area contributed by atoms with Crippen LogP contribution in [-0.2, 0) is 0 Å². The van der Waals surface area contributed by atoms with E-state index in [-0.39, 0.29) is 12.5 Å². The van der Waals surface area contributed by atoms with E-state index >= 15 is 0 Å². The van der Waals surface area contributed by atoms with Crippen molar-refractivity contribution >= 4 is 34.5 Å². The van der Waals surface area contributed by atoms with Crippen LogP contribution in [0.2, 0.25) is 5.02 Å². The Morgan fingerprint density at radius 2 is 2.19 bits per heavy atom. The van der Waals surface area contributed by atoms with Crippen molar-refractivity contribution < 1.29 is 4.79 Å². The summed E-state index contributed by atoms with van der Waals surface area (Å²) < 4.78 is 0. The molecule has 0 fully saturated rings. The van der Waals surface area contributed by atoms with Gasteiger partial charge < -0.3 is 11.1 Å². The molecule has 104 valence electrons. The summed E-state index contributed by atoms with van der Waals surface area (Å²) >= 11 is 7.16. The highest BCUT2D eigenvalue weighted by Gasteiger charge is 2.14. The first-order chi connectivity index (χ1) is 10.2. The lowest BCUT2D eigenvalue weighted by Gasteiger charge is -2.06. The Bertz CT molecular complexity index is 780. The van der Waals surface area contributed by atoms with Crippen LogP contribution in [0.1, 0.15) is 20.8 Å². The molecule has 0 spiro atoms. The summed E-state index contributed by atoms with van der Waals surface area (Å²) in [5.41, 5.74) is 6.66. The average Bonchev–Trinajstić information content (AvgIpc) is 2.94. The first kappa shape index (κ1) is 15.1. The zero-order valence-corrected chi connectivity index (χ0v) is 12.4. The van der Waals surface area contributed by atoms with Gasteiger partial charge in [-0.3, -0.25) is 4.79 Å². The number of halogens is 1. The molecule has 0 atom stereocenters. The molecular formula is C15H10ClN3OS. The predicted molar refractivity (Wildman–Crippen MR) is 84.4 cm³/mol. The van der Waals surface area contributed by atoms with Gasteiger partial charge in [-0.15, -0.1) is 11.3 Å². The molecule has 2 aromatic rings. The monoisotopic (exact) mass is 315 g/mol. The number of carbonyl (C=O) groups excluding carboxylic acids is 1. The number of thiophene rings is 1. The van der Waals surface area contributed by atoms with E-state index in [0.717, 1.165) is 0 Å². The maximum atomic E-state index is 12.3. The van der Waals surface area contributed by atoms with E-state index in [9.17, 15) is 4.79 Å². The van der Waals surface area contributed by atoms with Gasteiger partial charge in [0.05, 0.1) is 17.8 Å². The Morgan fingerprint density at radius 3 is 2.90 bits per heavy atom. The van der Waals surface area contributed by atoms with Crippen molar-refractivity contribution in [1.82, 2.24) is 0 Å². The van der Waals surface area contributed by atoms with Crippen LogP contribution in [0, 0.1) is 23.2 Å². The Morgan fingerprint density at radius 1 is 1.38 bits per heavy atom. The second-order valence-electron chi connectivity index (χ2n) is 3.93. The number of anilines is 1. The maximum Gasteiger partial charge on any atom is 0.267 e. The molecule has 21 heavy (non-hydrogen) atoms. The highest BCUT2D eigenvalue weighted by Crippen LogP contribution is 2.23. The molecule has 0 aliphatic rings. The summed E-state index contributed by atoms with van der Waals surface area (Å²) in [4.78, 5) is 12.8. The molecule has 1 amide bonds. The van der Waals surface area contributed by atoms with Gasteiger partial charge in [0.25, 0.3) is 5.91 Å². The minimum atomic E-state index is -0.329. The summed E-state index contributed by atoms with van der Waals surface area (Å²) in [6.45, 7) is 0.226. The van der Waals surface area contributed by atoms with Crippen molar-refractivity contribution in [3.63, 3.8) is 0 Å². The Labute approximate surface area is 131 Å². The van der Waals surface area contributed by atoms with Crippen LogP contribution in [0.3, 0.4) is 0 Å². The van der Waals surface area contributed by atoms with Crippen LogP contribution in [-0.4, -0.2) is 12.5 Å². The van der Waals surface area contributed by atoms with Gasteiger partial charge in [-0.1, -0.05) is 23.4 Å². The van der Waals surface area contributed by atoms with Crippen molar-refractivity contribution in [1.29, 1.82) is 5.26 Å². The number of hydrogen-bond donors (Lipinski definition) is 2. The molecule has 0 saturated carbocycles. The van der Waals surface area contributed by atoms with Gasteiger partial charge in [0.2, 0.25) is 0 Å². The highest BCUT2D eigenvalue weighted by molar-refractivity contribution is 7.12. The fourth-order valence-corrected chi connectivity index (χ4v) is 2.54. The average molecular weight is 316 g/mol. The van der Waals surface area contributed by atoms with E-state index in [4.69, 9.17) is 22.6 Å². The first-order valence-electron chi connectivity index (χ1n) is 5.93. The molecule has 3 N–H and O–H groups in total. The Hall–Kier alpha value is -2.31. The van der Waals surface area contributed by atoms with Crippen molar-refractivity contribution in [3.05, 3.63) is 50.7 Å². The van der Waals surface area contributed by atoms with Crippen LogP contribution in [0.5, 0.6) is 0 Å². The number of nitrogens with zero attached hydrogens (tertiary/aromatic N) is 1. The largest absolute Gasteiger partial charge is 0.320 e. The van der Waals surface area contributed by atoms with Crippen LogP contribution in [0.4, 0.5) is 5.69 Å². The van der Waals surface area contributed by atoms with Crippen molar-refractivity contribution in [2.45, 2.75) is 0 Å². The molecule has 4 nitrogen and oxygen atoms in total. The summed E-state index contributed by atoms with van der Waals surface area (Å²) in [7, 11) is 0. The fourth-order valence-electron chi connectivity index (χ4n) is 1.63. The molecule has 0 aliphatic heterocycles. The molecule has 0 unspecified atom stereocenters. The number of nitrogens with one attached hydrogen (secondary N) is 1. The fraction of sp³-hybridized carbons (Fsp3) is 0.0667. The third-order valence-electron chi connectivity index (χ3n) is 2.55. The lowest BCUT2D eigenvalue weighted by molar-refractivity contribution is 0.103. The van der Waals surface area contributed by atoms with Crippen molar-refractivity contribution in [2.24, 2.45) is 5.73 Å². The van der Waals surface area contributed by atoms with Gasteiger partial charge in [-0.2, -0.15) is 5.26 Å². The molecule has 1 aromatic heterocycles. The number of carbonyl (C=O) groups is 1. The van der Waals surface area contributed by atoms with E-state index in [1.807, 2.05) is 6.07 Å². The van der Waals surface area contributed by atoms with Gasteiger partial charge >= 0.3 is 0 Å². The topological polar surface area (TPSA) is 78.9 Å². The highest BCUT2D eigenvalue weighted by atomic mass is 35.5. The van der Waals surface area contributed by atoms with Crippen LogP contribution in [0.15, 0.2) is 29.6 Å². The van der Waals surface area contributed by atoms with Crippen LogP contribution < -0.4 is 11.1 Å². The van der Waals surface area contributed by atoms with Gasteiger partial charge in [0, 0.05) is 10.6 Å². The second-order valence-corrected chi connectivity index (χ2v) is 5.28. The van der Waals surface area contributed by atoms with Gasteiger partial charge in [-0.05, 0) is 29.6 Å². The van der Waals surface area contributed by atoms with E-state index in [0.29, 0.717) is 26.7 Å². The number of nitriles is 1. The Balaban J connectivity index is 2.29. The summed E-state index contributed by atoms with van der Waals surface area (Å²) in [6.07, 6.45) is 0. The van der Waals surface area contributed by atoms with Crippen LogP contribution in [0.25, 0.3) is 0 Å². The molecule has 6 heteroatoms. The number of benzene rings is 1. The second kappa shape index (κ2) is 6.92. The smallest absolute Gasteiger partial charge is 0.267 e. The lowest BCUT2D eigenvalue weighted by atomic mass is 10.2. The van der Waals surface area contributed by atoms with Crippen molar-refractivity contribution in [2.75, 3.05) is 11.9 Å². The van der Waals surface area contributed by atoms with Crippen molar-refractivity contribution in [3.8, 4) is 17.9 Å². The molecule has 0 aliphatic carbocycles. The summed E-state index contributed by atoms with van der Waals surface area (Å²) in [5, 5.41) is 14.0. The number of rotatable bonds is 2. The molecule has 2 rings (SSSR count). The minimum absolute atomic E-state index is 0.226. The molecule has 1 aromatic carbocycles. The van der Waals surface area contributed by atoms with Gasteiger partial charge in [0.1, 0.15) is 10.9 Å². The van der Waals surface area contributed by atoms with E-state index in [1.165, 1.54) is 17.4 Å². The minimum Gasteiger partial charge on any atom is -0.320 e. The zero-order valence-electron chi connectivity index (χ0n) is 10.8. The number of nitrogens with two attached hydrogens (primary N) is 1. The SMILES string of the molecule is N#Cc1ccc(Cl)cc1NC(=O)c1sccc1C#CCN. The third kappa shape index (κ3) is 3.62. The lowest BCUT2D eigenvalue weighted by Crippen LogP contribution is -2.12. The van der Waals surface area contributed by atoms with E-state index < -0.39 is 0 Å². The zero-order chi connectivity index (χ0) is 15.2. The van der Waals surface area contributed by atoms with Crippen LogP contribution >= 0.6 is 22.9 Å². The number of amides is 1. The maximum absolute atomic E-state index is 12.3.